The lowest BCUT2D eigenvalue weighted by Gasteiger charge is -2.32. The van der Waals surface area contributed by atoms with Crippen LogP contribution in [0.25, 0.3) is 44.2 Å². The van der Waals surface area contributed by atoms with E-state index in [0.29, 0.717) is 43.8 Å². The number of carboxylic acid groups (broad SMARTS) is 3. The molecule has 3 aromatic carbocycles. The van der Waals surface area contributed by atoms with E-state index in [1.807, 2.05) is 0 Å². The van der Waals surface area contributed by atoms with Gasteiger partial charge in [-0.15, -0.1) is 11.8 Å². The van der Waals surface area contributed by atoms with Gasteiger partial charge in [0, 0.05) is 110 Å². The molecule has 0 saturated carbocycles. The zero-order valence-corrected chi connectivity index (χ0v) is 69.9. The van der Waals surface area contributed by atoms with Gasteiger partial charge in [-0.1, -0.05) is 56.7 Å². The first-order valence-electron chi connectivity index (χ1n) is 40.6. The maximum atomic E-state index is 15.2. The number of carbonyl (C=O) groups is 16. The van der Waals surface area contributed by atoms with Gasteiger partial charge in [0.05, 0.1) is 29.3 Å². The summed E-state index contributed by atoms with van der Waals surface area (Å²) in [6.45, 7) is 3.85. The van der Waals surface area contributed by atoms with Gasteiger partial charge in [0.15, 0.2) is 11.4 Å². The van der Waals surface area contributed by atoms with Crippen LogP contribution in [0.15, 0.2) is 93.1 Å². The maximum absolute atomic E-state index is 15.2. The van der Waals surface area contributed by atoms with Gasteiger partial charge >= 0.3 is 17.9 Å². The van der Waals surface area contributed by atoms with E-state index in [9.17, 15) is 92.3 Å². The van der Waals surface area contributed by atoms with Crippen LogP contribution in [0.1, 0.15) is 145 Å². The lowest BCUT2D eigenvalue weighted by atomic mass is 9.89. The number of aliphatic carboxylic acids is 2. The maximum Gasteiger partial charge on any atom is 0.336 e. The summed E-state index contributed by atoms with van der Waals surface area (Å²) in [6.07, 6.45) is -0.661. The van der Waals surface area contributed by atoms with Crippen molar-refractivity contribution in [3.63, 3.8) is 0 Å². The Labute approximate surface area is 713 Å². The number of imide groups is 1. The van der Waals surface area contributed by atoms with Gasteiger partial charge < -0.3 is 98.5 Å². The molecule has 5 aliphatic heterocycles. The molecule has 658 valence electrons. The molecular formula is C83H102N16O22S2. The van der Waals surface area contributed by atoms with E-state index >= 15 is 9.59 Å². The van der Waals surface area contributed by atoms with E-state index in [4.69, 9.17) is 21.3 Å². The third-order valence-electron chi connectivity index (χ3n) is 22.3. The quantitative estimate of drug-likeness (QED) is 0.0135. The number of primary amides is 1. The zero-order chi connectivity index (χ0) is 89.2. The topological polar surface area (TPSA) is 583 Å². The summed E-state index contributed by atoms with van der Waals surface area (Å²) in [5.41, 5.74) is 12.8. The summed E-state index contributed by atoms with van der Waals surface area (Å²) in [4.78, 5) is 241. The number of guanidine groups is 1. The molecule has 38 nitrogen and oxygen atoms in total. The molecule has 3 saturated heterocycles. The Hall–Kier alpha value is -12.6. The Morgan fingerprint density at radius 2 is 1.31 bits per heavy atom. The number of benzene rings is 4. The number of phenolic OH excluding ortho intramolecular Hbond substituents is 1. The highest BCUT2D eigenvalue weighted by atomic mass is 32.2. The first kappa shape index (κ1) is 92.7. The zero-order valence-electron chi connectivity index (χ0n) is 68.2. The van der Waals surface area contributed by atoms with Crippen molar-refractivity contribution in [3.8, 4) is 28.2 Å². The Balaban J connectivity index is 0.957. The highest BCUT2D eigenvalue weighted by Crippen LogP contribution is 2.44. The van der Waals surface area contributed by atoms with Crippen LogP contribution in [-0.2, 0) is 84.9 Å². The fraction of sp³-hybridized carbons (Fsp3) is 0.470. The van der Waals surface area contributed by atoms with Crippen molar-refractivity contribution in [2.45, 2.75) is 195 Å². The predicted octanol–water partition coefficient (Wildman–Crippen LogP) is 1.68. The van der Waals surface area contributed by atoms with Crippen LogP contribution in [0.3, 0.4) is 0 Å². The smallest absolute Gasteiger partial charge is 0.336 e. The van der Waals surface area contributed by atoms with Crippen LogP contribution in [0.5, 0.6) is 5.75 Å². The van der Waals surface area contributed by atoms with E-state index < -0.39 is 186 Å². The highest BCUT2D eigenvalue weighted by Gasteiger charge is 2.46. The van der Waals surface area contributed by atoms with Crippen molar-refractivity contribution < 1.29 is 102 Å². The van der Waals surface area contributed by atoms with Crippen LogP contribution in [-0.4, -0.2) is 245 Å². The number of rotatable bonds is 24. The van der Waals surface area contributed by atoms with Gasteiger partial charge in [0.25, 0.3) is 0 Å². The third-order valence-corrected chi connectivity index (χ3v) is 24.1. The summed E-state index contributed by atoms with van der Waals surface area (Å²) in [5.74, 6) is -17.7. The van der Waals surface area contributed by atoms with Crippen molar-refractivity contribution in [2.24, 2.45) is 17.4 Å². The van der Waals surface area contributed by atoms with Crippen LogP contribution < -0.4 is 64.7 Å². The van der Waals surface area contributed by atoms with Crippen LogP contribution in [0.2, 0.25) is 0 Å². The number of nitrogens with two attached hydrogens (primary N) is 2. The number of carboxylic acids is 3. The molecule has 40 heteroatoms. The number of hydrogen-bond acceptors (Lipinski definition) is 22. The summed E-state index contributed by atoms with van der Waals surface area (Å²) in [7, 11) is 0. The van der Waals surface area contributed by atoms with Crippen LogP contribution >= 0.6 is 23.5 Å². The van der Waals surface area contributed by atoms with Gasteiger partial charge in [-0.25, -0.2) is 4.79 Å². The standard InChI is InChI=1S/C83H102N16O22S2/c1-5-42(2)69-77(115)92-55(25-26-66(105)106)72(110)94-58(40-67(107)108)74(112)93-57(16-10-28-88-83(85)86)79(117)96-31-11-17-60(96)75(113)91-56(27-34-122-4)73(111)90-54(71(84)109)15-8-9-30-99-70(48-13-6-7-14-49(48)81(99)123-41-59(89-43(3)100)80(118)97-32-12-18-61(97)76(114)95-69)53-39-65(104)98(78(53)116)33-29-87-64(103)36-44-19-22-47(52(35-44)82(119)120)68-50-23-20-45(101)37-62(50)121-63-38-46(102)21-24-51(63)68/h6-7,13-14,19-24,35,37-38,42,53-61,69,101H,5,8-12,15-18,25-34,36,39-41H2,1-4H3,(H2,84,109)(H,87,103)(H,89,100)(H,90,111)(H,91,113)(H,92,115)(H,93,112)(H,94,110)(H,95,114)(H,105,106)(H,107,108)(H,119,120)(H4,85,86,88)/t42-,53?,54-,55-,56-,57-,58-,59-,60-,61-,69-/m0/s1. The van der Waals surface area contributed by atoms with Crippen molar-refractivity contribution in [2.75, 3.05) is 50.5 Å². The van der Waals surface area contributed by atoms with E-state index in [1.165, 1.54) is 71.0 Å². The minimum Gasteiger partial charge on any atom is -0.508 e. The molecule has 0 radical (unpaired) electrons. The molecule has 11 atom stereocenters. The number of nitrogens with one attached hydrogen (secondary N) is 10. The fourth-order valence-corrected chi connectivity index (χ4v) is 17.7. The molecule has 1 unspecified atom stereocenters. The number of aromatic hydroxyl groups is 1. The Bertz CT molecular complexity index is 5130. The fourth-order valence-electron chi connectivity index (χ4n) is 16.0. The molecule has 3 fully saturated rings. The van der Waals surface area contributed by atoms with Crippen LogP contribution in [0, 0.1) is 11.3 Å². The molecular weight excluding hydrogens is 1640 g/mol. The molecule has 0 bridgehead atoms. The average molecular weight is 1740 g/mol. The molecule has 4 aromatic rings. The highest BCUT2D eigenvalue weighted by molar-refractivity contribution is 7.99. The monoisotopic (exact) mass is 1740 g/mol. The molecule has 1 aromatic heterocycles. The van der Waals surface area contributed by atoms with Gasteiger partial charge in [-0.2, -0.15) is 11.8 Å². The van der Waals surface area contributed by atoms with E-state index in [0.717, 1.165) is 16.7 Å². The van der Waals surface area contributed by atoms with E-state index in [1.54, 1.807) is 61.1 Å². The second kappa shape index (κ2) is 42.3. The van der Waals surface area contributed by atoms with Crippen molar-refractivity contribution in [1.82, 2.24) is 67.1 Å². The summed E-state index contributed by atoms with van der Waals surface area (Å²) in [5, 5.41) is 74.0. The summed E-state index contributed by atoms with van der Waals surface area (Å²) >= 11 is 2.42. The second-order valence-electron chi connectivity index (χ2n) is 30.9. The number of phenols is 1. The number of amides is 13. The largest absolute Gasteiger partial charge is 0.508 e. The Kier molecular flexibility index (Phi) is 31.8. The molecule has 0 spiro atoms. The van der Waals surface area contributed by atoms with Gasteiger partial charge in [-0.05, 0) is 130 Å². The van der Waals surface area contributed by atoms with Crippen molar-refractivity contribution in [1.29, 1.82) is 5.41 Å². The summed E-state index contributed by atoms with van der Waals surface area (Å²) < 4.78 is 7.76. The van der Waals surface area contributed by atoms with Gasteiger partial charge in [0.2, 0.25) is 76.8 Å². The molecule has 123 heavy (non-hydrogen) atoms. The first-order valence-corrected chi connectivity index (χ1v) is 43.0. The summed E-state index contributed by atoms with van der Waals surface area (Å²) in [6, 6.07) is 6.10. The Morgan fingerprint density at radius 3 is 1.98 bits per heavy atom. The van der Waals surface area contributed by atoms with Gasteiger partial charge in [-0.3, -0.25) is 87.0 Å². The van der Waals surface area contributed by atoms with E-state index in [-0.39, 0.29) is 168 Å². The molecule has 6 heterocycles. The van der Waals surface area contributed by atoms with Gasteiger partial charge in [0.1, 0.15) is 71.5 Å². The molecule has 13 amide bonds. The third kappa shape index (κ3) is 23.2. The normalized spacial score (nSPS) is 22.4. The Morgan fingerprint density at radius 1 is 0.659 bits per heavy atom. The number of hydrogen-bond donors (Lipinski definition) is 16. The van der Waals surface area contributed by atoms with E-state index in [2.05, 4.69) is 47.9 Å². The molecule has 10 rings (SSSR count). The minimum atomic E-state index is -2.02. The lowest BCUT2D eigenvalue weighted by molar-refractivity contribution is -0.144. The number of aromatic nitrogens is 1. The number of thioether (sulfide) groups is 2. The number of likely N-dealkylation sites (tertiary alicyclic amines) is 1. The average Bonchev–Trinajstić information content (AvgIpc) is 1.46. The molecule has 1 aliphatic carbocycles. The number of aromatic carboxylic acids is 1. The second-order valence-corrected chi connectivity index (χ2v) is 32.9. The minimum absolute atomic E-state index is 0.00256. The lowest BCUT2D eigenvalue weighted by Crippen LogP contribution is -2.61. The molecule has 6 aliphatic rings. The molecule has 18 N–H and O–H groups in total. The number of fused-ring (bicyclic) bond motifs is 7. The first-order chi connectivity index (χ1) is 58.7. The van der Waals surface area contributed by atoms with Crippen molar-refractivity contribution >= 4 is 146 Å². The number of carbonyl (C=O) groups excluding carboxylic acids is 13. The SMILES string of the molecule is CC[C@H](C)[C@@H]1NC(=O)[C@@H]2CCCN2C(=O)[C@@H](NC(C)=O)CSc2c3ccccc3c(C3CC(=O)N(CCNC(=O)Cc4ccc(-c5c6ccc(=O)cc-6oc6cc(O)ccc56)c(C(=O)O)c4)C3=O)n2CCCC[C@@H](C(N)=O)NC(=O)[C@H](CCSC)NC(=O)[C@@H]2CCCN2C(=O)[C@H](CCCNC(=N)N)NC(=O)[C@H](CC(=O)O)NC(=O)[C@H](CCC(=O)O)NC1=O. The van der Waals surface area contributed by atoms with Crippen molar-refractivity contribution in [3.05, 3.63) is 106 Å². The number of nitrogens with zero attached hydrogens (tertiary/aromatic N) is 4. The predicted molar refractivity (Wildman–Crippen MR) is 449 cm³/mol. The van der Waals surface area contributed by atoms with Crippen LogP contribution in [0.4, 0.5) is 0 Å².